The molecule has 1 N–H and O–H groups in total. The van der Waals surface area contributed by atoms with E-state index in [-0.39, 0.29) is 11.9 Å². The molecule has 9 heteroatoms. The summed E-state index contributed by atoms with van der Waals surface area (Å²) in [7, 11) is 0. The first-order chi connectivity index (χ1) is 9.38. The van der Waals surface area contributed by atoms with Crippen LogP contribution in [0.1, 0.15) is 27.2 Å². The van der Waals surface area contributed by atoms with Crippen molar-refractivity contribution in [3.05, 3.63) is 0 Å². The van der Waals surface area contributed by atoms with Crippen molar-refractivity contribution in [1.82, 2.24) is 9.98 Å². The fraction of sp³-hybridized carbons (Fsp3) is 0.818. The summed E-state index contributed by atoms with van der Waals surface area (Å²) in [5.41, 5.74) is 0. The van der Waals surface area contributed by atoms with Gasteiger partial charge in [-0.2, -0.15) is 4.63 Å². The summed E-state index contributed by atoms with van der Waals surface area (Å²) in [5, 5.41) is 11.7. The number of hydrogen-bond acceptors (Lipinski definition) is 6. The van der Waals surface area contributed by atoms with Crippen molar-refractivity contribution in [2.75, 3.05) is 18.1 Å². The standard InChI is InChI=1S/C11H19N3O6/c1-7(2)11(17)18-8(3)19-14-13(20-14)12-5-4-9(6-12)10(15)16/h7-9H,4-6H2,1-3H3,(H,15,16). The van der Waals surface area contributed by atoms with Crippen molar-refractivity contribution in [1.29, 1.82) is 0 Å². The van der Waals surface area contributed by atoms with Gasteiger partial charge in [0, 0.05) is 18.4 Å². The third-order valence-electron chi connectivity index (χ3n) is 3.01. The number of esters is 1. The molecule has 2 rings (SSSR count). The van der Waals surface area contributed by atoms with Crippen LogP contribution in [0.2, 0.25) is 0 Å². The number of carbonyl (C=O) groups excluding carboxylic acids is 1. The number of rotatable bonds is 6. The molecular formula is C11H19N3O6. The number of carboxylic acids is 1. The van der Waals surface area contributed by atoms with Gasteiger partial charge >= 0.3 is 11.9 Å². The Bertz CT molecular complexity index is 473. The molecule has 2 atom stereocenters. The van der Waals surface area contributed by atoms with Crippen LogP contribution in [-0.2, 0) is 14.3 Å². The highest BCUT2D eigenvalue weighted by Crippen LogP contribution is 2.16. The molecule has 2 unspecified atom stereocenters. The fourth-order valence-electron chi connectivity index (χ4n) is 1.81. The molecule has 0 aromatic carbocycles. The Morgan fingerprint density at radius 2 is 2.05 bits per heavy atom. The highest BCUT2D eigenvalue weighted by Gasteiger charge is 2.34. The second-order valence-electron chi connectivity index (χ2n) is 5.07. The molecule has 0 spiro atoms. The molecule has 0 radical (unpaired) electrons. The van der Waals surface area contributed by atoms with Gasteiger partial charge in [0.1, 0.15) is 5.02 Å². The monoisotopic (exact) mass is 289 g/mol. The van der Waals surface area contributed by atoms with E-state index in [9.17, 15) is 9.59 Å². The second-order valence-corrected chi connectivity index (χ2v) is 5.07. The quantitative estimate of drug-likeness (QED) is 0.576. The minimum atomic E-state index is -0.818. The van der Waals surface area contributed by atoms with E-state index < -0.39 is 18.2 Å². The molecule has 9 nitrogen and oxygen atoms in total. The Kier molecular flexibility index (Phi) is 3.96. The fourth-order valence-corrected chi connectivity index (χ4v) is 1.81. The number of carboxylic acid groups (broad SMARTS) is 1. The lowest BCUT2D eigenvalue weighted by Gasteiger charge is -2.13. The molecule has 1 fully saturated rings. The third-order valence-corrected chi connectivity index (χ3v) is 3.01. The number of aromatic nitrogens is 2. The van der Waals surface area contributed by atoms with Crippen molar-refractivity contribution in [3.63, 3.8) is 0 Å². The number of ether oxygens (including phenoxy) is 1. The van der Waals surface area contributed by atoms with Gasteiger partial charge in [-0.1, -0.05) is 13.8 Å². The summed E-state index contributed by atoms with van der Waals surface area (Å²) in [6.07, 6.45) is -0.228. The summed E-state index contributed by atoms with van der Waals surface area (Å²) in [6.45, 7) is 5.95. The molecule has 0 aliphatic carbocycles. The first-order valence-electron chi connectivity index (χ1n) is 6.51. The van der Waals surface area contributed by atoms with Gasteiger partial charge in [0.2, 0.25) is 0 Å². The van der Waals surface area contributed by atoms with Crippen LogP contribution in [0, 0.1) is 11.8 Å². The predicted molar refractivity (Wildman–Crippen MR) is 65.4 cm³/mol. The molecule has 0 amide bonds. The third kappa shape index (κ3) is 3.28. The van der Waals surface area contributed by atoms with Crippen LogP contribution >= 0.6 is 0 Å². The largest absolute Gasteiger partial charge is 0.481 e. The van der Waals surface area contributed by atoms with Crippen LogP contribution in [0.5, 0.6) is 0 Å². The van der Waals surface area contributed by atoms with Gasteiger partial charge in [-0.25, -0.2) is 0 Å². The Morgan fingerprint density at radius 1 is 1.35 bits per heavy atom. The summed E-state index contributed by atoms with van der Waals surface area (Å²) >= 11 is 0. The predicted octanol–water partition coefficient (Wildman–Crippen LogP) is -0.101. The molecule has 1 aliphatic heterocycles. The lowest BCUT2D eigenvalue weighted by molar-refractivity contribution is -0.184. The van der Waals surface area contributed by atoms with E-state index in [1.807, 2.05) is 0 Å². The number of carbonyl (C=O) groups is 2. The second kappa shape index (κ2) is 5.51. The molecule has 20 heavy (non-hydrogen) atoms. The first-order valence-corrected chi connectivity index (χ1v) is 6.51. The zero-order valence-electron chi connectivity index (χ0n) is 11.7. The van der Waals surface area contributed by atoms with Crippen molar-refractivity contribution >= 4 is 11.9 Å². The number of hydrogen-bond donors (Lipinski definition) is 1. The van der Waals surface area contributed by atoms with E-state index in [4.69, 9.17) is 19.3 Å². The van der Waals surface area contributed by atoms with E-state index in [2.05, 4.69) is 0 Å². The number of aliphatic carboxylic acids is 1. The maximum Gasteiger partial charge on any atom is 0.311 e. The van der Waals surface area contributed by atoms with Crippen LogP contribution in [-0.4, -0.2) is 46.4 Å². The highest BCUT2D eigenvalue weighted by atomic mass is 17.0. The Morgan fingerprint density at radius 3 is 2.60 bits per heavy atom. The molecule has 1 aliphatic rings. The van der Waals surface area contributed by atoms with Gasteiger partial charge < -0.3 is 14.7 Å². The van der Waals surface area contributed by atoms with Crippen molar-refractivity contribution < 1.29 is 28.9 Å². The van der Waals surface area contributed by atoms with Gasteiger partial charge in [-0.3, -0.25) is 14.6 Å². The molecule has 114 valence electrons. The molecule has 1 aromatic rings. The van der Waals surface area contributed by atoms with E-state index in [0.717, 1.165) is 5.02 Å². The maximum atomic E-state index is 11.4. The molecule has 1 saturated heterocycles. The maximum absolute atomic E-state index is 11.4. The van der Waals surface area contributed by atoms with Gasteiger partial charge in [-0.15, -0.1) is 0 Å². The Balaban J connectivity index is 1.78. The van der Waals surface area contributed by atoms with Crippen molar-refractivity contribution in [3.8, 4) is 0 Å². The normalized spacial score (nSPS) is 20.4. The van der Waals surface area contributed by atoms with Gasteiger partial charge in [0.25, 0.3) is 6.29 Å². The van der Waals surface area contributed by atoms with E-state index in [0.29, 0.717) is 19.5 Å². The zero-order valence-corrected chi connectivity index (χ0v) is 11.7. The van der Waals surface area contributed by atoms with E-state index in [1.54, 1.807) is 25.8 Å². The van der Waals surface area contributed by atoms with Gasteiger partial charge in [0.05, 0.1) is 18.4 Å². The number of nitrogens with zero attached hydrogens (tertiary/aromatic N) is 3. The lowest BCUT2D eigenvalue weighted by Crippen LogP contribution is -2.34. The SMILES string of the molecule is CC(OC(=O)C(C)C)On1on1N1CCC(C(=O)O)C1. The summed E-state index contributed by atoms with van der Waals surface area (Å²) in [4.78, 5) is 28.7. The van der Waals surface area contributed by atoms with Crippen LogP contribution in [0.3, 0.4) is 0 Å². The highest BCUT2D eigenvalue weighted by molar-refractivity contribution is 5.71. The van der Waals surface area contributed by atoms with Crippen molar-refractivity contribution in [2.45, 2.75) is 33.5 Å². The Labute approximate surface area is 115 Å². The van der Waals surface area contributed by atoms with E-state index in [1.165, 1.54) is 4.96 Å². The summed E-state index contributed by atoms with van der Waals surface area (Å²) in [6, 6.07) is 0. The Hall–Kier alpha value is -2.06. The smallest absolute Gasteiger partial charge is 0.311 e. The van der Waals surface area contributed by atoms with Gasteiger partial charge in [0.15, 0.2) is 0 Å². The average molecular weight is 289 g/mol. The molecule has 0 saturated carbocycles. The van der Waals surface area contributed by atoms with Crippen LogP contribution in [0.25, 0.3) is 0 Å². The van der Waals surface area contributed by atoms with Crippen LogP contribution < -0.4 is 9.85 Å². The summed E-state index contributed by atoms with van der Waals surface area (Å²) < 4.78 is 10.0. The van der Waals surface area contributed by atoms with E-state index >= 15 is 0 Å². The van der Waals surface area contributed by atoms with Crippen LogP contribution in [0.4, 0.5) is 0 Å². The molecular weight excluding hydrogens is 270 g/mol. The topological polar surface area (TPSA) is 99.1 Å². The minimum absolute atomic E-state index is 0.234. The minimum Gasteiger partial charge on any atom is -0.481 e. The van der Waals surface area contributed by atoms with Crippen LogP contribution in [0.15, 0.2) is 4.63 Å². The molecule has 1 aromatic heterocycles. The zero-order chi connectivity index (χ0) is 14.9. The molecule has 2 heterocycles. The van der Waals surface area contributed by atoms with Gasteiger partial charge in [-0.05, 0) is 6.42 Å². The lowest BCUT2D eigenvalue weighted by atomic mass is 10.1. The first kappa shape index (κ1) is 14.4. The molecule has 0 bridgehead atoms. The summed E-state index contributed by atoms with van der Waals surface area (Å²) in [5.74, 6) is -1.82. The average Bonchev–Trinajstić information content (AvgIpc) is 2.92. The van der Waals surface area contributed by atoms with Crippen molar-refractivity contribution in [2.24, 2.45) is 11.8 Å².